The molecule has 2 heteroatoms. The summed E-state index contributed by atoms with van der Waals surface area (Å²) in [6.45, 7) is 11.3. The van der Waals surface area contributed by atoms with Gasteiger partial charge in [0, 0.05) is 17.5 Å². The Hall–Kier alpha value is -1.15. The van der Waals surface area contributed by atoms with Gasteiger partial charge >= 0.3 is 0 Å². The van der Waals surface area contributed by atoms with Gasteiger partial charge in [0.2, 0.25) is 0 Å². The third-order valence-electron chi connectivity index (χ3n) is 3.26. The summed E-state index contributed by atoms with van der Waals surface area (Å²) in [5.74, 6) is 0.234. The monoisotopic (exact) mass is 247 g/mol. The molecule has 0 aliphatic heterocycles. The molecule has 0 saturated carbocycles. The van der Waals surface area contributed by atoms with Crippen LogP contribution in [0.25, 0.3) is 0 Å². The lowest BCUT2D eigenvalue weighted by Crippen LogP contribution is -2.39. The lowest BCUT2D eigenvalue weighted by Gasteiger charge is -2.30. The Kier molecular flexibility index (Phi) is 5.54. The normalized spacial score (nSPS) is 11.8. The second-order valence-corrected chi connectivity index (χ2v) is 5.45. The summed E-state index contributed by atoms with van der Waals surface area (Å²) in [4.78, 5) is 14.8. The van der Waals surface area contributed by atoms with E-state index in [9.17, 15) is 4.79 Å². The van der Waals surface area contributed by atoms with Gasteiger partial charge in [-0.2, -0.15) is 0 Å². The van der Waals surface area contributed by atoms with Gasteiger partial charge in [-0.05, 0) is 19.5 Å². The second-order valence-electron chi connectivity index (χ2n) is 5.45. The van der Waals surface area contributed by atoms with Gasteiger partial charge in [0.05, 0.1) is 0 Å². The van der Waals surface area contributed by atoms with Crippen LogP contribution in [0.4, 0.5) is 0 Å². The molecule has 0 spiro atoms. The van der Waals surface area contributed by atoms with Crippen molar-refractivity contribution in [3.63, 3.8) is 0 Å². The Morgan fingerprint density at radius 2 is 1.78 bits per heavy atom. The summed E-state index contributed by atoms with van der Waals surface area (Å²) in [5.41, 5.74) is 0.488. The van der Waals surface area contributed by atoms with Gasteiger partial charge in [-0.1, -0.05) is 58.0 Å². The Balaban J connectivity index is 2.76. The zero-order chi connectivity index (χ0) is 13.6. The van der Waals surface area contributed by atoms with Crippen LogP contribution >= 0.6 is 0 Å². The molecular formula is C16H25NO. The van der Waals surface area contributed by atoms with E-state index in [1.807, 2.05) is 44.2 Å². The molecule has 0 fully saturated rings. The molecule has 1 aromatic rings. The van der Waals surface area contributed by atoms with E-state index in [-0.39, 0.29) is 11.2 Å². The van der Waals surface area contributed by atoms with Crippen LogP contribution in [0.3, 0.4) is 0 Å². The number of rotatable bonds is 7. The van der Waals surface area contributed by atoms with E-state index in [1.165, 1.54) is 0 Å². The van der Waals surface area contributed by atoms with Crippen LogP contribution in [0.2, 0.25) is 0 Å². The van der Waals surface area contributed by atoms with Crippen molar-refractivity contribution >= 4 is 5.78 Å². The zero-order valence-electron chi connectivity index (χ0n) is 12.1. The predicted octanol–water partition coefficient (Wildman–Crippen LogP) is 3.63. The quantitative estimate of drug-likeness (QED) is 0.686. The fourth-order valence-corrected chi connectivity index (χ4v) is 2.28. The highest BCUT2D eigenvalue weighted by atomic mass is 16.1. The van der Waals surface area contributed by atoms with Crippen molar-refractivity contribution in [2.75, 3.05) is 19.6 Å². The molecule has 0 atom stereocenters. The highest BCUT2D eigenvalue weighted by Crippen LogP contribution is 2.23. The molecule has 0 aliphatic carbocycles. The number of nitrogens with zero attached hydrogens (tertiary/aromatic N) is 1. The predicted molar refractivity (Wildman–Crippen MR) is 77.0 cm³/mol. The molecular weight excluding hydrogens is 222 g/mol. The van der Waals surface area contributed by atoms with Crippen LogP contribution in [0.5, 0.6) is 0 Å². The number of carbonyl (C=O) groups is 1. The summed E-state index contributed by atoms with van der Waals surface area (Å²) >= 11 is 0. The first kappa shape index (κ1) is 14.9. The lowest BCUT2D eigenvalue weighted by molar-refractivity contribution is 0.0768. The van der Waals surface area contributed by atoms with E-state index in [1.54, 1.807) is 0 Å². The van der Waals surface area contributed by atoms with Crippen LogP contribution in [0.15, 0.2) is 30.3 Å². The summed E-state index contributed by atoms with van der Waals surface area (Å²) in [6, 6.07) is 9.60. The molecule has 18 heavy (non-hydrogen) atoms. The number of carbonyl (C=O) groups excluding carboxylic acids is 1. The Labute approximate surface area is 111 Å². The van der Waals surface area contributed by atoms with Crippen LogP contribution in [-0.4, -0.2) is 30.3 Å². The van der Waals surface area contributed by atoms with Crippen molar-refractivity contribution in [2.24, 2.45) is 5.41 Å². The number of benzene rings is 1. The Bertz CT molecular complexity index is 370. The summed E-state index contributed by atoms with van der Waals surface area (Å²) in [5, 5.41) is 0. The maximum atomic E-state index is 12.5. The second kappa shape index (κ2) is 6.69. The number of ketones is 1. The average Bonchev–Trinajstić information content (AvgIpc) is 2.38. The van der Waals surface area contributed by atoms with Gasteiger partial charge in [-0.3, -0.25) is 4.79 Å². The third-order valence-corrected chi connectivity index (χ3v) is 3.26. The van der Waals surface area contributed by atoms with Crippen LogP contribution in [-0.2, 0) is 0 Å². The molecule has 1 aromatic carbocycles. The van der Waals surface area contributed by atoms with Crippen LogP contribution < -0.4 is 0 Å². The molecule has 2 nitrogen and oxygen atoms in total. The summed E-state index contributed by atoms with van der Waals surface area (Å²) in [6.07, 6.45) is 1.13. The van der Waals surface area contributed by atoms with Crippen LogP contribution in [0, 0.1) is 5.41 Å². The van der Waals surface area contributed by atoms with Crippen LogP contribution in [0.1, 0.15) is 44.5 Å². The van der Waals surface area contributed by atoms with Gasteiger partial charge < -0.3 is 4.90 Å². The van der Waals surface area contributed by atoms with E-state index < -0.39 is 0 Å². The first-order chi connectivity index (χ1) is 8.51. The molecule has 0 unspecified atom stereocenters. The highest BCUT2D eigenvalue weighted by Gasteiger charge is 2.30. The largest absolute Gasteiger partial charge is 0.303 e. The van der Waals surface area contributed by atoms with Crippen molar-refractivity contribution in [3.8, 4) is 0 Å². The molecule has 0 saturated heterocycles. The molecule has 0 heterocycles. The molecule has 0 N–H and O–H groups in total. The minimum Gasteiger partial charge on any atom is -0.303 e. The van der Waals surface area contributed by atoms with Gasteiger partial charge in [0.25, 0.3) is 0 Å². The molecule has 1 rings (SSSR count). The fraction of sp³-hybridized carbons (Fsp3) is 0.562. The summed E-state index contributed by atoms with van der Waals surface area (Å²) in [7, 11) is 0. The number of Topliss-reactive ketones (excluding diaryl/α,β-unsaturated/α-hetero) is 1. The highest BCUT2D eigenvalue weighted by molar-refractivity contribution is 6.00. The van der Waals surface area contributed by atoms with E-state index in [4.69, 9.17) is 0 Å². The molecule has 0 aliphatic rings. The fourth-order valence-electron chi connectivity index (χ4n) is 2.28. The standard InChI is InChI=1S/C16H25NO/c1-5-12-17(6-2)13-16(3,4)15(18)14-10-8-7-9-11-14/h7-11H,5-6,12-13H2,1-4H3. The maximum absolute atomic E-state index is 12.5. The topological polar surface area (TPSA) is 20.3 Å². The minimum absolute atomic E-state index is 0.234. The van der Waals surface area contributed by atoms with Crippen molar-refractivity contribution in [1.29, 1.82) is 0 Å². The Morgan fingerprint density at radius 3 is 2.28 bits per heavy atom. The van der Waals surface area contributed by atoms with Gasteiger partial charge in [0.15, 0.2) is 5.78 Å². The zero-order valence-corrected chi connectivity index (χ0v) is 12.1. The molecule has 0 aromatic heterocycles. The minimum atomic E-state index is -0.327. The van der Waals surface area contributed by atoms with Gasteiger partial charge in [0.1, 0.15) is 0 Å². The third kappa shape index (κ3) is 3.95. The molecule has 0 amide bonds. The SMILES string of the molecule is CCCN(CC)CC(C)(C)C(=O)c1ccccc1. The van der Waals surface area contributed by atoms with Crippen molar-refractivity contribution in [1.82, 2.24) is 4.90 Å². The maximum Gasteiger partial charge on any atom is 0.169 e. The van der Waals surface area contributed by atoms with E-state index in [0.717, 1.165) is 31.6 Å². The first-order valence-corrected chi connectivity index (χ1v) is 6.83. The van der Waals surface area contributed by atoms with E-state index >= 15 is 0 Å². The van der Waals surface area contributed by atoms with Crippen molar-refractivity contribution in [2.45, 2.75) is 34.1 Å². The van der Waals surface area contributed by atoms with E-state index in [0.29, 0.717) is 0 Å². The Morgan fingerprint density at radius 1 is 1.17 bits per heavy atom. The number of hydrogen-bond donors (Lipinski definition) is 0. The van der Waals surface area contributed by atoms with Gasteiger partial charge in [-0.15, -0.1) is 0 Å². The lowest BCUT2D eigenvalue weighted by atomic mass is 9.83. The smallest absolute Gasteiger partial charge is 0.169 e. The average molecular weight is 247 g/mol. The van der Waals surface area contributed by atoms with E-state index in [2.05, 4.69) is 18.7 Å². The molecule has 0 radical (unpaired) electrons. The number of hydrogen-bond acceptors (Lipinski definition) is 2. The summed E-state index contributed by atoms with van der Waals surface area (Å²) < 4.78 is 0. The van der Waals surface area contributed by atoms with Crippen molar-refractivity contribution < 1.29 is 4.79 Å². The molecule has 100 valence electrons. The van der Waals surface area contributed by atoms with Crippen molar-refractivity contribution in [3.05, 3.63) is 35.9 Å². The molecule has 0 bridgehead atoms. The first-order valence-electron chi connectivity index (χ1n) is 6.83. The van der Waals surface area contributed by atoms with Gasteiger partial charge in [-0.25, -0.2) is 0 Å².